The van der Waals surface area contributed by atoms with Gasteiger partial charge in [-0.25, -0.2) is 4.52 Å². The molecule has 1 saturated heterocycles. The highest BCUT2D eigenvalue weighted by Gasteiger charge is 2.44. The Morgan fingerprint density at radius 3 is 2.88 bits per heavy atom. The number of hydrogen-bond acceptors (Lipinski definition) is 8. The molecule has 1 aliphatic carbocycles. The van der Waals surface area contributed by atoms with E-state index in [1.807, 2.05) is 19.3 Å². The lowest BCUT2D eigenvalue weighted by molar-refractivity contribution is -0.105. The number of aryl methyl sites for hydroxylation is 2. The van der Waals surface area contributed by atoms with Gasteiger partial charge >= 0.3 is 0 Å². The lowest BCUT2D eigenvalue weighted by Crippen LogP contribution is -2.62. The van der Waals surface area contributed by atoms with Crippen LogP contribution in [-0.2, 0) is 17.7 Å². The van der Waals surface area contributed by atoms with Gasteiger partial charge in [-0.3, -0.25) is 24.2 Å². The molecule has 0 unspecified atom stereocenters. The first-order chi connectivity index (χ1) is 19.5. The summed E-state index contributed by atoms with van der Waals surface area (Å²) in [6.45, 7) is 6.52. The van der Waals surface area contributed by atoms with Crippen molar-refractivity contribution in [2.45, 2.75) is 51.1 Å². The lowest BCUT2D eigenvalue weighted by atomic mass is 9.75. The largest absolute Gasteiger partial charge is 0.378 e. The Labute approximate surface area is 235 Å². The SMILES string of the molecule is Cc1ncc(C(=O)NCCN2CCOCC23CCC3)cc1NC(=O)c1cnn2cc(-c3cnn4c3CCC4)sc12. The number of aromatic nitrogens is 5. The summed E-state index contributed by atoms with van der Waals surface area (Å²) in [4.78, 5) is 34.9. The maximum Gasteiger partial charge on any atom is 0.260 e. The number of anilines is 1. The number of thiazole rings is 1. The number of pyridine rings is 1. The predicted octanol–water partition coefficient (Wildman–Crippen LogP) is 3.15. The highest BCUT2D eigenvalue weighted by atomic mass is 32.1. The molecular weight excluding hydrogens is 528 g/mol. The average molecular weight is 561 g/mol. The second kappa shape index (κ2) is 10.1. The minimum absolute atomic E-state index is 0.160. The standard InChI is InChI=1S/C28H32N8O3S/c1-18-22(12-19(13-30-18)25(37)29-7-9-34-10-11-39-17-28(34)5-3-6-28)33-26(38)21-15-32-36-16-24(40-27(21)36)20-14-31-35-8-2-4-23(20)35/h12-16H,2-11,17H2,1H3,(H,29,37)(H,33,38). The number of morpholine rings is 1. The average Bonchev–Trinajstić information content (AvgIpc) is 3.71. The first-order valence-corrected chi connectivity index (χ1v) is 14.7. The van der Waals surface area contributed by atoms with Crippen LogP contribution < -0.4 is 10.6 Å². The van der Waals surface area contributed by atoms with E-state index in [-0.39, 0.29) is 17.4 Å². The van der Waals surface area contributed by atoms with E-state index < -0.39 is 0 Å². The number of ether oxygens (including phenoxy) is 1. The monoisotopic (exact) mass is 560 g/mol. The molecule has 208 valence electrons. The summed E-state index contributed by atoms with van der Waals surface area (Å²) in [5.41, 5.74) is 4.53. The van der Waals surface area contributed by atoms with E-state index in [0.717, 1.165) is 73.8 Å². The van der Waals surface area contributed by atoms with Crippen molar-refractivity contribution in [1.29, 1.82) is 0 Å². The fourth-order valence-corrected chi connectivity index (χ4v) is 7.17. The summed E-state index contributed by atoms with van der Waals surface area (Å²) in [5.74, 6) is -0.493. The number of nitrogens with one attached hydrogen (secondary N) is 2. The Kier molecular flexibility index (Phi) is 6.40. The number of amides is 2. The third kappa shape index (κ3) is 4.40. The van der Waals surface area contributed by atoms with Gasteiger partial charge in [-0.05, 0) is 45.1 Å². The van der Waals surface area contributed by atoms with Gasteiger partial charge in [0.15, 0.2) is 0 Å². The molecule has 4 aromatic rings. The highest BCUT2D eigenvalue weighted by Crippen LogP contribution is 2.39. The summed E-state index contributed by atoms with van der Waals surface area (Å²) in [7, 11) is 0. The van der Waals surface area contributed by atoms with E-state index in [0.29, 0.717) is 29.1 Å². The van der Waals surface area contributed by atoms with Crippen molar-refractivity contribution in [3.63, 3.8) is 0 Å². The van der Waals surface area contributed by atoms with Crippen LogP contribution in [0.2, 0.25) is 0 Å². The van der Waals surface area contributed by atoms with Crippen LogP contribution in [0.3, 0.4) is 0 Å². The van der Waals surface area contributed by atoms with Crippen molar-refractivity contribution in [1.82, 2.24) is 34.6 Å². The zero-order valence-corrected chi connectivity index (χ0v) is 23.3. The van der Waals surface area contributed by atoms with E-state index in [4.69, 9.17) is 4.74 Å². The molecule has 0 atom stereocenters. The lowest BCUT2D eigenvalue weighted by Gasteiger charge is -2.52. The van der Waals surface area contributed by atoms with Crippen molar-refractivity contribution in [3.05, 3.63) is 53.4 Å². The summed E-state index contributed by atoms with van der Waals surface area (Å²) >= 11 is 1.53. The second-order valence-electron chi connectivity index (χ2n) is 10.9. The number of nitrogens with zero attached hydrogens (tertiary/aromatic N) is 6. The van der Waals surface area contributed by atoms with Gasteiger partial charge in [-0.15, -0.1) is 11.3 Å². The number of carbonyl (C=O) groups excluding carboxylic acids is 2. The Morgan fingerprint density at radius 2 is 2.02 bits per heavy atom. The summed E-state index contributed by atoms with van der Waals surface area (Å²) in [5, 5.41) is 14.9. The molecule has 4 aromatic heterocycles. The minimum atomic E-state index is -0.288. The van der Waals surface area contributed by atoms with Gasteiger partial charge in [0, 0.05) is 55.4 Å². The molecule has 2 fully saturated rings. The van der Waals surface area contributed by atoms with Crippen LogP contribution in [0.5, 0.6) is 0 Å². The van der Waals surface area contributed by atoms with Crippen LogP contribution in [0.25, 0.3) is 15.3 Å². The molecule has 7 rings (SSSR count). The molecule has 40 heavy (non-hydrogen) atoms. The molecule has 1 spiro atoms. The Balaban J connectivity index is 1.03. The number of hydrogen-bond donors (Lipinski definition) is 2. The number of fused-ring (bicyclic) bond motifs is 2. The van der Waals surface area contributed by atoms with Crippen LogP contribution >= 0.6 is 11.3 Å². The van der Waals surface area contributed by atoms with E-state index in [9.17, 15) is 9.59 Å². The quantitative estimate of drug-likeness (QED) is 0.357. The molecule has 3 aliphatic rings. The predicted molar refractivity (Wildman–Crippen MR) is 151 cm³/mol. The summed E-state index contributed by atoms with van der Waals surface area (Å²) in [6, 6.07) is 1.69. The van der Waals surface area contributed by atoms with Crippen molar-refractivity contribution in [3.8, 4) is 10.4 Å². The molecule has 1 saturated carbocycles. The minimum Gasteiger partial charge on any atom is -0.378 e. The van der Waals surface area contributed by atoms with Gasteiger partial charge in [0.1, 0.15) is 4.83 Å². The molecule has 11 nitrogen and oxygen atoms in total. The second-order valence-corrected chi connectivity index (χ2v) is 12.0. The van der Waals surface area contributed by atoms with E-state index in [1.54, 1.807) is 23.0 Å². The molecule has 6 heterocycles. The highest BCUT2D eigenvalue weighted by molar-refractivity contribution is 7.21. The third-order valence-corrected chi connectivity index (χ3v) is 9.68. The van der Waals surface area contributed by atoms with Crippen LogP contribution in [0, 0.1) is 6.92 Å². The summed E-state index contributed by atoms with van der Waals surface area (Å²) < 4.78 is 9.51. The van der Waals surface area contributed by atoms with Crippen molar-refractivity contribution < 1.29 is 14.3 Å². The number of rotatable bonds is 7. The molecule has 2 aliphatic heterocycles. The molecule has 0 aromatic carbocycles. The van der Waals surface area contributed by atoms with Gasteiger partial charge in [0.25, 0.3) is 11.8 Å². The maximum atomic E-state index is 13.3. The van der Waals surface area contributed by atoms with Crippen molar-refractivity contribution in [2.75, 3.05) is 38.2 Å². The molecule has 0 bridgehead atoms. The Hall–Kier alpha value is -3.61. The van der Waals surface area contributed by atoms with Gasteiger partial charge in [-0.1, -0.05) is 0 Å². The van der Waals surface area contributed by atoms with E-state index >= 15 is 0 Å². The zero-order chi connectivity index (χ0) is 27.3. The first-order valence-electron chi connectivity index (χ1n) is 13.9. The third-order valence-electron chi connectivity index (χ3n) is 8.53. The van der Waals surface area contributed by atoms with E-state index in [2.05, 4.69) is 35.4 Å². The Bertz CT molecular complexity index is 1600. The van der Waals surface area contributed by atoms with Crippen LogP contribution in [0.4, 0.5) is 5.69 Å². The van der Waals surface area contributed by atoms with Crippen LogP contribution in [0.1, 0.15) is 57.8 Å². The van der Waals surface area contributed by atoms with Crippen LogP contribution in [-0.4, -0.2) is 79.5 Å². The summed E-state index contributed by atoms with van der Waals surface area (Å²) in [6.07, 6.45) is 12.7. The van der Waals surface area contributed by atoms with Crippen LogP contribution in [0.15, 0.2) is 30.9 Å². The first kappa shape index (κ1) is 25.4. The normalized spacial score (nSPS) is 18.1. The zero-order valence-electron chi connectivity index (χ0n) is 22.5. The van der Waals surface area contributed by atoms with Crippen molar-refractivity contribution in [2.24, 2.45) is 0 Å². The van der Waals surface area contributed by atoms with Gasteiger partial charge in [0.2, 0.25) is 0 Å². The fourth-order valence-electron chi connectivity index (χ4n) is 6.08. The van der Waals surface area contributed by atoms with Gasteiger partial charge < -0.3 is 15.4 Å². The maximum absolute atomic E-state index is 13.3. The van der Waals surface area contributed by atoms with E-state index in [1.165, 1.54) is 23.5 Å². The topological polar surface area (TPSA) is 119 Å². The van der Waals surface area contributed by atoms with Crippen molar-refractivity contribution >= 4 is 33.7 Å². The molecule has 2 N–H and O–H groups in total. The van der Waals surface area contributed by atoms with Gasteiger partial charge in [-0.2, -0.15) is 10.2 Å². The Morgan fingerprint density at radius 1 is 1.12 bits per heavy atom. The fraction of sp³-hybridized carbons (Fsp3) is 0.464. The smallest absolute Gasteiger partial charge is 0.260 e. The molecular formula is C28H32N8O3S. The molecule has 0 radical (unpaired) electrons. The number of carbonyl (C=O) groups is 2. The molecule has 2 amide bonds. The van der Waals surface area contributed by atoms with Gasteiger partial charge in [0.05, 0.1) is 53.0 Å². The molecule has 12 heteroatoms.